The van der Waals surface area contributed by atoms with Crippen molar-refractivity contribution in [3.63, 3.8) is 0 Å². The van der Waals surface area contributed by atoms with Crippen molar-refractivity contribution in [2.24, 2.45) is 4.99 Å². The van der Waals surface area contributed by atoms with Crippen LogP contribution in [0.15, 0.2) is 40.0 Å². The predicted molar refractivity (Wildman–Crippen MR) is 115 cm³/mol. The number of pyridine rings is 1. The molecule has 0 fully saturated rings. The minimum absolute atomic E-state index is 0. The average molecular weight is 483 g/mol. The first-order chi connectivity index (χ1) is 12.5. The summed E-state index contributed by atoms with van der Waals surface area (Å²) in [7, 11) is 0. The zero-order chi connectivity index (χ0) is 18.6. The van der Waals surface area contributed by atoms with Crippen LogP contribution in [0.1, 0.15) is 45.2 Å². The summed E-state index contributed by atoms with van der Waals surface area (Å²) in [5.41, 5.74) is 0.753. The van der Waals surface area contributed by atoms with E-state index in [1.54, 1.807) is 6.20 Å². The lowest BCUT2D eigenvalue weighted by molar-refractivity contribution is 0.379. The first-order valence-corrected chi connectivity index (χ1v) is 8.73. The van der Waals surface area contributed by atoms with Gasteiger partial charge in [0.05, 0.1) is 12.7 Å². The van der Waals surface area contributed by atoms with E-state index in [9.17, 15) is 0 Å². The Morgan fingerprint density at radius 3 is 2.74 bits per heavy atom. The van der Waals surface area contributed by atoms with Gasteiger partial charge in [0.1, 0.15) is 12.3 Å². The van der Waals surface area contributed by atoms with Gasteiger partial charge in [-0.05, 0) is 19.1 Å². The average Bonchev–Trinajstić information content (AvgIpc) is 3.24. The van der Waals surface area contributed by atoms with Gasteiger partial charge in [0.25, 0.3) is 0 Å². The van der Waals surface area contributed by atoms with Crippen LogP contribution in [-0.4, -0.2) is 32.1 Å². The molecule has 0 atom stereocenters. The molecule has 3 aromatic heterocycles. The van der Waals surface area contributed by atoms with Crippen molar-refractivity contribution >= 4 is 35.6 Å². The molecule has 146 valence electrons. The van der Waals surface area contributed by atoms with Gasteiger partial charge in [-0.15, -0.1) is 34.2 Å². The summed E-state index contributed by atoms with van der Waals surface area (Å²) in [5.74, 6) is 2.96. The number of nitrogens with zero attached hydrogens (tertiary/aromatic N) is 5. The number of rotatable bonds is 5. The molecule has 0 spiro atoms. The molecular formula is C18H26IN7O. The molecule has 0 saturated heterocycles. The second-order valence-electron chi connectivity index (χ2n) is 6.96. The molecule has 0 saturated carbocycles. The largest absolute Gasteiger partial charge is 0.443 e. The summed E-state index contributed by atoms with van der Waals surface area (Å²) in [4.78, 5) is 8.91. The fourth-order valence-electron chi connectivity index (χ4n) is 2.39. The third-order valence-corrected chi connectivity index (χ3v) is 3.81. The number of oxazole rings is 1. The van der Waals surface area contributed by atoms with Crippen molar-refractivity contribution in [1.82, 2.24) is 30.2 Å². The van der Waals surface area contributed by atoms with Gasteiger partial charge in [0.2, 0.25) is 5.89 Å². The minimum Gasteiger partial charge on any atom is -0.443 e. The molecule has 0 aliphatic rings. The normalized spacial score (nSPS) is 12.1. The fraction of sp³-hybridized carbons (Fsp3) is 0.444. The van der Waals surface area contributed by atoms with E-state index < -0.39 is 0 Å². The molecule has 0 radical (unpaired) electrons. The minimum atomic E-state index is -0.0570. The first kappa shape index (κ1) is 21.1. The van der Waals surface area contributed by atoms with Crippen LogP contribution in [0.5, 0.6) is 0 Å². The maximum atomic E-state index is 5.80. The van der Waals surface area contributed by atoms with Gasteiger partial charge in [-0.25, -0.2) is 9.98 Å². The Morgan fingerprint density at radius 1 is 1.22 bits per heavy atom. The smallest absolute Gasteiger partial charge is 0.213 e. The van der Waals surface area contributed by atoms with Crippen molar-refractivity contribution in [3.05, 3.63) is 48.1 Å². The fourth-order valence-corrected chi connectivity index (χ4v) is 2.39. The molecule has 3 heterocycles. The van der Waals surface area contributed by atoms with E-state index in [0.29, 0.717) is 24.9 Å². The van der Waals surface area contributed by atoms with Gasteiger partial charge in [-0.1, -0.05) is 26.8 Å². The molecule has 9 heteroatoms. The molecule has 0 aliphatic carbocycles. The number of hydrogen-bond acceptors (Lipinski definition) is 5. The Kier molecular flexibility index (Phi) is 7.17. The standard InChI is InChI=1S/C18H25N7O.HI/c1-5-19-17(22-12-16-20-10-13(26-16)18(2,3)4)21-11-15-24-23-14-8-6-7-9-25(14)15;/h6-10H,5,11-12H2,1-4H3,(H2,19,21,22);1H. The maximum absolute atomic E-state index is 5.80. The summed E-state index contributed by atoms with van der Waals surface area (Å²) >= 11 is 0. The summed E-state index contributed by atoms with van der Waals surface area (Å²) in [6, 6.07) is 5.80. The molecule has 0 bridgehead atoms. The second kappa shape index (κ2) is 9.16. The molecule has 3 aromatic rings. The van der Waals surface area contributed by atoms with Crippen LogP contribution in [0.3, 0.4) is 0 Å². The first-order valence-electron chi connectivity index (χ1n) is 8.73. The van der Waals surface area contributed by atoms with E-state index in [2.05, 4.69) is 51.6 Å². The van der Waals surface area contributed by atoms with Gasteiger partial charge in [-0.3, -0.25) is 4.40 Å². The number of hydrogen-bond donors (Lipinski definition) is 2. The lowest BCUT2D eigenvalue weighted by atomic mass is 9.94. The third-order valence-electron chi connectivity index (χ3n) is 3.81. The van der Waals surface area contributed by atoms with Crippen molar-refractivity contribution in [1.29, 1.82) is 0 Å². The number of guanidine groups is 1. The van der Waals surface area contributed by atoms with E-state index in [4.69, 9.17) is 4.42 Å². The van der Waals surface area contributed by atoms with E-state index in [0.717, 1.165) is 23.8 Å². The summed E-state index contributed by atoms with van der Waals surface area (Å²) in [5, 5.41) is 14.8. The molecule has 0 amide bonds. The van der Waals surface area contributed by atoms with Crippen LogP contribution in [0.2, 0.25) is 0 Å². The van der Waals surface area contributed by atoms with Gasteiger partial charge in [-0.2, -0.15) is 0 Å². The van der Waals surface area contributed by atoms with Crippen LogP contribution in [0.4, 0.5) is 0 Å². The second-order valence-corrected chi connectivity index (χ2v) is 6.96. The Labute approximate surface area is 175 Å². The van der Waals surface area contributed by atoms with Crippen molar-refractivity contribution in [2.45, 2.75) is 46.2 Å². The number of aromatic nitrogens is 4. The highest BCUT2D eigenvalue weighted by molar-refractivity contribution is 14.0. The van der Waals surface area contributed by atoms with E-state index in [-0.39, 0.29) is 29.4 Å². The summed E-state index contributed by atoms with van der Waals surface area (Å²) in [6.45, 7) is 9.94. The lowest BCUT2D eigenvalue weighted by Gasteiger charge is -2.13. The van der Waals surface area contributed by atoms with Crippen LogP contribution in [-0.2, 0) is 18.5 Å². The number of nitrogens with one attached hydrogen (secondary N) is 2. The molecule has 8 nitrogen and oxygen atoms in total. The van der Waals surface area contributed by atoms with Crippen LogP contribution in [0.25, 0.3) is 5.65 Å². The Balaban J connectivity index is 0.00000261. The monoisotopic (exact) mass is 483 g/mol. The van der Waals surface area contributed by atoms with Gasteiger partial charge >= 0.3 is 0 Å². The lowest BCUT2D eigenvalue weighted by Crippen LogP contribution is -2.36. The van der Waals surface area contributed by atoms with Crippen LogP contribution >= 0.6 is 24.0 Å². The molecular weight excluding hydrogens is 457 g/mol. The van der Waals surface area contributed by atoms with Gasteiger partial charge in [0.15, 0.2) is 17.4 Å². The predicted octanol–water partition coefficient (Wildman–Crippen LogP) is 2.89. The highest BCUT2D eigenvalue weighted by Gasteiger charge is 2.19. The molecule has 0 unspecified atom stereocenters. The van der Waals surface area contributed by atoms with E-state index in [1.807, 2.05) is 35.7 Å². The molecule has 27 heavy (non-hydrogen) atoms. The topological polar surface area (TPSA) is 92.6 Å². The van der Waals surface area contributed by atoms with E-state index in [1.165, 1.54) is 0 Å². The third kappa shape index (κ3) is 5.41. The quantitative estimate of drug-likeness (QED) is 0.330. The van der Waals surface area contributed by atoms with Crippen molar-refractivity contribution in [3.8, 4) is 0 Å². The Hall–Kier alpha value is -2.17. The highest BCUT2D eigenvalue weighted by atomic mass is 127. The highest BCUT2D eigenvalue weighted by Crippen LogP contribution is 2.22. The number of fused-ring (bicyclic) bond motifs is 1. The van der Waals surface area contributed by atoms with Gasteiger partial charge in [0, 0.05) is 18.2 Å². The number of aliphatic imine (C=N–C) groups is 1. The molecule has 0 aromatic carbocycles. The van der Waals surface area contributed by atoms with E-state index >= 15 is 0 Å². The van der Waals surface area contributed by atoms with Gasteiger partial charge < -0.3 is 15.1 Å². The van der Waals surface area contributed by atoms with Crippen molar-refractivity contribution < 1.29 is 4.42 Å². The van der Waals surface area contributed by atoms with Crippen LogP contribution in [0, 0.1) is 0 Å². The summed E-state index contributed by atoms with van der Waals surface area (Å²) in [6.07, 6.45) is 3.71. The zero-order valence-electron chi connectivity index (χ0n) is 16.1. The maximum Gasteiger partial charge on any atom is 0.213 e. The SMILES string of the molecule is CCNC(=NCc1nnc2ccccn12)NCc1ncc(C(C)(C)C)o1.I. The molecule has 2 N–H and O–H groups in total. The Bertz CT molecular complexity index is 894. The molecule has 3 rings (SSSR count). The number of halogens is 1. The zero-order valence-corrected chi connectivity index (χ0v) is 18.4. The van der Waals surface area contributed by atoms with Crippen molar-refractivity contribution in [2.75, 3.05) is 6.54 Å². The van der Waals surface area contributed by atoms with Crippen LogP contribution < -0.4 is 10.6 Å². The molecule has 0 aliphatic heterocycles. The summed E-state index contributed by atoms with van der Waals surface area (Å²) < 4.78 is 7.73. The Morgan fingerprint density at radius 2 is 2.04 bits per heavy atom.